The Labute approximate surface area is 121 Å². The minimum absolute atomic E-state index is 0.608. The van der Waals surface area contributed by atoms with E-state index in [-0.39, 0.29) is 0 Å². The van der Waals surface area contributed by atoms with Crippen LogP contribution < -0.4 is 0 Å². The van der Waals surface area contributed by atoms with Gasteiger partial charge in [0.1, 0.15) is 0 Å². The van der Waals surface area contributed by atoms with Gasteiger partial charge in [0.2, 0.25) is 0 Å². The molecule has 1 aromatic carbocycles. The molecule has 0 aliphatic carbocycles. The Bertz CT molecular complexity index is 589. The smallest absolute Gasteiger partial charge is 0.0659 e. The molecule has 2 aliphatic heterocycles. The van der Waals surface area contributed by atoms with E-state index in [2.05, 4.69) is 29.2 Å². The summed E-state index contributed by atoms with van der Waals surface area (Å²) in [6.07, 6.45) is 1.28. The molecule has 1 fully saturated rings. The van der Waals surface area contributed by atoms with Gasteiger partial charge in [-0.15, -0.1) is 23.1 Å². The van der Waals surface area contributed by atoms with Crippen molar-refractivity contribution in [1.82, 2.24) is 4.90 Å². The fraction of sp³-hybridized carbons (Fsp3) is 0.467. The zero-order valence-electron chi connectivity index (χ0n) is 10.8. The average molecular weight is 291 g/mol. The molecule has 0 saturated carbocycles. The number of fused-ring (bicyclic) bond motifs is 3. The van der Waals surface area contributed by atoms with Crippen LogP contribution in [0.3, 0.4) is 0 Å². The number of thioether (sulfide) groups is 1. The fourth-order valence-corrected chi connectivity index (χ4v) is 5.80. The van der Waals surface area contributed by atoms with E-state index in [4.69, 9.17) is 4.74 Å². The minimum Gasteiger partial charge on any atom is -0.379 e. The normalized spacial score (nSPS) is 24.5. The van der Waals surface area contributed by atoms with Crippen LogP contribution in [-0.2, 0) is 4.74 Å². The van der Waals surface area contributed by atoms with Crippen molar-refractivity contribution in [2.75, 3.05) is 32.1 Å². The Morgan fingerprint density at radius 1 is 1.16 bits per heavy atom. The lowest BCUT2D eigenvalue weighted by Gasteiger charge is -2.36. The van der Waals surface area contributed by atoms with E-state index >= 15 is 0 Å². The zero-order chi connectivity index (χ0) is 12.7. The maximum atomic E-state index is 5.50. The van der Waals surface area contributed by atoms with Crippen LogP contribution in [-0.4, -0.2) is 37.0 Å². The summed E-state index contributed by atoms with van der Waals surface area (Å²) in [5.41, 5.74) is 1.60. The van der Waals surface area contributed by atoms with Crippen molar-refractivity contribution in [2.24, 2.45) is 0 Å². The van der Waals surface area contributed by atoms with Gasteiger partial charge in [-0.2, -0.15) is 0 Å². The first kappa shape index (κ1) is 12.2. The molecule has 0 N–H and O–H groups in total. The Balaban J connectivity index is 1.80. The van der Waals surface area contributed by atoms with Gasteiger partial charge >= 0.3 is 0 Å². The molecule has 4 heteroatoms. The van der Waals surface area contributed by atoms with Crippen LogP contribution in [0.15, 0.2) is 28.5 Å². The number of benzene rings is 1. The van der Waals surface area contributed by atoms with Crippen molar-refractivity contribution in [2.45, 2.75) is 16.7 Å². The fourth-order valence-electron chi connectivity index (χ4n) is 3.13. The van der Waals surface area contributed by atoms with Crippen LogP contribution in [0.5, 0.6) is 0 Å². The monoisotopic (exact) mass is 291 g/mol. The van der Waals surface area contributed by atoms with Crippen molar-refractivity contribution in [3.05, 3.63) is 29.8 Å². The van der Waals surface area contributed by atoms with E-state index in [0.717, 1.165) is 26.3 Å². The summed E-state index contributed by atoms with van der Waals surface area (Å²) < 4.78 is 8.49. The third kappa shape index (κ3) is 2.11. The molecule has 4 rings (SSSR count). The predicted octanol–water partition coefficient (Wildman–Crippen LogP) is 3.77. The number of thiophene rings is 1. The number of hydrogen-bond acceptors (Lipinski definition) is 4. The molecular weight excluding hydrogens is 274 g/mol. The van der Waals surface area contributed by atoms with Gasteiger partial charge in [0.05, 0.1) is 17.4 Å². The van der Waals surface area contributed by atoms with Gasteiger partial charge in [-0.05, 0) is 17.9 Å². The van der Waals surface area contributed by atoms with Crippen LogP contribution in [0, 0.1) is 0 Å². The minimum atomic E-state index is 0.608. The lowest BCUT2D eigenvalue weighted by Crippen LogP contribution is -2.39. The van der Waals surface area contributed by atoms with Crippen molar-refractivity contribution in [3.63, 3.8) is 0 Å². The molecule has 1 unspecified atom stereocenters. The topological polar surface area (TPSA) is 12.5 Å². The van der Waals surface area contributed by atoms with Crippen LogP contribution in [0.1, 0.15) is 18.0 Å². The summed E-state index contributed by atoms with van der Waals surface area (Å²) in [6.45, 7) is 3.94. The van der Waals surface area contributed by atoms with Gasteiger partial charge in [0.15, 0.2) is 0 Å². The van der Waals surface area contributed by atoms with Crippen LogP contribution in [0.4, 0.5) is 0 Å². The van der Waals surface area contributed by atoms with E-state index < -0.39 is 0 Å². The average Bonchev–Trinajstić information content (AvgIpc) is 2.86. The van der Waals surface area contributed by atoms with Crippen molar-refractivity contribution < 1.29 is 4.74 Å². The standard InChI is InChI=1S/C15H17NOS2/c1-2-4-13-11(3-1)14-12(5-10-18-15(14)19-13)16-6-8-17-9-7-16/h1-4,12H,5-10H2. The summed E-state index contributed by atoms with van der Waals surface area (Å²) in [5.74, 6) is 1.25. The lowest BCUT2D eigenvalue weighted by atomic mass is 10.0. The molecule has 0 spiro atoms. The first-order valence-corrected chi connectivity index (χ1v) is 8.70. The zero-order valence-corrected chi connectivity index (χ0v) is 12.4. The molecular formula is C15H17NOS2. The van der Waals surface area contributed by atoms with Gasteiger partial charge in [-0.1, -0.05) is 18.2 Å². The Morgan fingerprint density at radius 3 is 2.89 bits per heavy atom. The number of rotatable bonds is 1. The van der Waals surface area contributed by atoms with E-state index in [9.17, 15) is 0 Å². The van der Waals surface area contributed by atoms with Crippen molar-refractivity contribution in [1.29, 1.82) is 0 Å². The van der Waals surface area contributed by atoms with Crippen molar-refractivity contribution >= 4 is 33.2 Å². The quantitative estimate of drug-likeness (QED) is 0.793. The van der Waals surface area contributed by atoms with Gasteiger partial charge in [-0.25, -0.2) is 0 Å². The summed E-state index contributed by atoms with van der Waals surface area (Å²) in [6, 6.07) is 9.49. The summed E-state index contributed by atoms with van der Waals surface area (Å²) in [4.78, 5) is 2.63. The SMILES string of the molecule is c1ccc2c3c(sc2c1)SCCC3N1CCOCC1. The third-order valence-corrected chi connectivity index (χ3v) is 6.55. The van der Waals surface area contributed by atoms with Crippen LogP contribution >= 0.6 is 23.1 Å². The lowest BCUT2D eigenvalue weighted by molar-refractivity contribution is 0.0150. The molecule has 2 nitrogen and oxygen atoms in total. The summed E-state index contributed by atoms with van der Waals surface area (Å²) in [5, 5.41) is 1.48. The second-order valence-corrected chi connectivity index (χ2v) is 7.52. The largest absolute Gasteiger partial charge is 0.379 e. The molecule has 3 heterocycles. The first-order valence-electron chi connectivity index (χ1n) is 6.89. The molecule has 100 valence electrons. The summed E-state index contributed by atoms with van der Waals surface area (Å²) >= 11 is 4.02. The molecule has 1 saturated heterocycles. The predicted molar refractivity (Wildman–Crippen MR) is 82.3 cm³/mol. The van der Waals surface area contributed by atoms with Gasteiger partial charge in [0, 0.05) is 35.1 Å². The molecule has 2 aliphatic rings. The van der Waals surface area contributed by atoms with Crippen molar-refractivity contribution in [3.8, 4) is 0 Å². The molecule has 2 aromatic rings. The second-order valence-electron chi connectivity index (χ2n) is 5.10. The highest BCUT2D eigenvalue weighted by atomic mass is 32.2. The number of nitrogens with zero attached hydrogens (tertiary/aromatic N) is 1. The van der Waals surface area contributed by atoms with Crippen LogP contribution in [0.2, 0.25) is 0 Å². The Hall–Kier alpha value is -0.550. The molecule has 0 radical (unpaired) electrons. The molecule has 0 bridgehead atoms. The van der Waals surface area contributed by atoms with Gasteiger partial charge in [-0.3, -0.25) is 4.90 Å². The second kappa shape index (κ2) is 5.09. The van der Waals surface area contributed by atoms with E-state index in [1.807, 2.05) is 23.1 Å². The molecule has 1 aromatic heterocycles. The highest BCUT2D eigenvalue weighted by Crippen LogP contribution is 2.48. The van der Waals surface area contributed by atoms with Gasteiger partial charge in [0.25, 0.3) is 0 Å². The summed E-state index contributed by atoms with van der Waals surface area (Å²) in [7, 11) is 0. The first-order chi connectivity index (χ1) is 9.43. The maximum Gasteiger partial charge on any atom is 0.0659 e. The maximum absolute atomic E-state index is 5.50. The highest BCUT2D eigenvalue weighted by Gasteiger charge is 2.30. The van der Waals surface area contributed by atoms with E-state index in [1.165, 1.54) is 22.3 Å². The highest BCUT2D eigenvalue weighted by molar-refractivity contribution is 8.01. The van der Waals surface area contributed by atoms with E-state index in [1.54, 1.807) is 9.77 Å². The third-order valence-electron chi connectivity index (χ3n) is 4.04. The molecule has 1 atom stereocenters. The number of hydrogen-bond donors (Lipinski definition) is 0. The Morgan fingerprint density at radius 2 is 2.00 bits per heavy atom. The molecule has 19 heavy (non-hydrogen) atoms. The van der Waals surface area contributed by atoms with Gasteiger partial charge < -0.3 is 4.74 Å². The van der Waals surface area contributed by atoms with E-state index in [0.29, 0.717) is 6.04 Å². The Kier molecular flexibility index (Phi) is 3.27. The van der Waals surface area contributed by atoms with Crippen LogP contribution in [0.25, 0.3) is 10.1 Å². The molecule has 0 amide bonds. The number of ether oxygens (including phenoxy) is 1. The number of morpholine rings is 1.